The predicted octanol–water partition coefficient (Wildman–Crippen LogP) is 1.56. The molecule has 114 valence electrons. The van der Waals surface area contributed by atoms with Gasteiger partial charge in [0.1, 0.15) is 0 Å². The summed E-state index contributed by atoms with van der Waals surface area (Å²) in [7, 11) is 4.24. The Labute approximate surface area is 139 Å². The Morgan fingerprint density at radius 3 is 1.82 bits per heavy atom. The average Bonchev–Trinajstić information content (AvgIpc) is 2.65. The molecule has 1 nitrogen and oxygen atoms in total. The van der Waals surface area contributed by atoms with Crippen molar-refractivity contribution in [2.24, 2.45) is 0 Å². The smallest absolute Gasteiger partial charge is 0.00101 e. The van der Waals surface area contributed by atoms with Crippen LogP contribution in [0.25, 0.3) is 17.7 Å². The maximum atomic E-state index is 2.38. The maximum absolute atomic E-state index is 2.38. The van der Waals surface area contributed by atoms with Gasteiger partial charge < -0.3 is 17.3 Å². The standard InChI is InChI=1S/C20H21N.ClH/c1-21(2)15-7-12-20-18-10-5-3-8-16(18)13-14-17-9-4-6-11-19(17)20;/h3-6,8-14H,7,15H2,1-2H3;1H/p-1. The third kappa shape index (κ3) is 3.49. The summed E-state index contributed by atoms with van der Waals surface area (Å²) in [5, 5.41) is 0. The quantitative estimate of drug-likeness (QED) is 0.710. The lowest BCUT2D eigenvalue weighted by Crippen LogP contribution is -3.00. The second kappa shape index (κ2) is 7.44. The number of hydrogen-bond acceptors (Lipinski definition) is 1. The molecule has 0 bridgehead atoms. The van der Waals surface area contributed by atoms with E-state index in [9.17, 15) is 0 Å². The van der Waals surface area contributed by atoms with Crippen LogP contribution in [0.2, 0.25) is 0 Å². The molecule has 0 aromatic heterocycles. The van der Waals surface area contributed by atoms with Gasteiger partial charge in [0.2, 0.25) is 0 Å². The molecule has 0 spiro atoms. The van der Waals surface area contributed by atoms with Crippen LogP contribution in [0.5, 0.6) is 0 Å². The fraction of sp³-hybridized carbons (Fsp3) is 0.200. The van der Waals surface area contributed by atoms with E-state index in [1.807, 2.05) is 0 Å². The van der Waals surface area contributed by atoms with E-state index in [4.69, 9.17) is 0 Å². The fourth-order valence-electron chi connectivity index (χ4n) is 2.79. The molecule has 1 aliphatic rings. The lowest BCUT2D eigenvalue weighted by Gasteiger charge is -2.13. The predicted molar refractivity (Wildman–Crippen MR) is 92.1 cm³/mol. The normalized spacial score (nSPS) is 12.2. The molecule has 0 atom stereocenters. The molecule has 0 radical (unpaired) electrons. The van der Waals surface area contributed by atoms with Crippen molar-refractivity contribution < 1.29 is 12.4 Å². The number of nitrogens with zero attached hydrogens (tertiary/aromatic N) is 1. The highest BCUT2D eigenvalue weighted by Crippen LogP contribution is 2.33. The molecule has 22 heavy (non-hydrogen) atoms. The van der Waals surface area contributed by atoms with E-state index in [2.05, 4.69) is 85.8 Å². The van der Waals surface area contributed by atoms with E-state index in [1.54, 1.807) is 0 Å². The van der Waals surface area contributed by atoms with Gasteiger partial charge in [0.25, 0.3) is 0 Å². The van der Waals surface area contributed by atoms with Crippen molar-refractivity contribution in [3.8, 4) is 0 Å². The van der Waals surface area contributed by atoms with E-state index >= 15 is 0 Å². The fourth-order valence-corrected chi connectivity index (χ4v) is 2.79. The first-order valence-corrected chi connectivity index (χ1v) is 7.47. The lowest BCUT2D eigenvalue weighted by molar-refractivity contribution is -0.00000414. The van der Waals surface area contributed by atoms with Crippen molar-refractivity contribution in [1.82, 2.24) is 4.90 Å². The van der Waals surface area contributed by atoms with Gasteiger partial charge in [0, 0.05) is 6.54 Å². The molecule has 0 aliphatic heterocycles. The van der Waals surface area contributed by atoms with Crippen LogP contribution in [0.3, 0.4) is 0 Å². The van der Waals surface area contributed by atoms with Crippen LogP contribution in [0.4, 0.5) is 0 Å². The van der Waals surface area contributed by atoms with Crippen molar-refractivity contribution in [2.75, 3.05) is 20.6 Å². The average molecular weight is 311 g/mol. The summed E-state index contributed by atoms with van der Waals surface area (Å²) in [5.41, 5.74) is 6.61. The zero-order valence-electron chi connectivity index (χ0n) is 13.1. The first-order chi connectivity index (χ1) is 10.3. The summed E-state index contributed by atoms with van der Waals surface area (Å²) < 4.78 is 0. The zero-order chi connectivity index (χ0) is 14.7. The summed E-state index contributed by atoms with van der Waals surface area (Å²) >= 11 is 0. The minimum Gasteiger partial charge on any atom is -1.00 e. The second-order valence-corrected chi connectivity index (χ2v) is 5.72. The Kier molecular flexibility index (Phi) is 5.59. The summed E-state index contributed by atoms with van der Waals surface area (Å²) in [5.74, 6) is 0. The van der Waals surface area contributed by atoms with Crippen molar-refractivity contribution in [1.29, 1.82) is 0 Å². The molecule has 0 fully saturated rings. The zero-order valence-corrected chi connectivity index (χ0v) is 13.8. The minimum atomic E-state index is 0. The van der Waals surface area contributed by atoms with Gasteiger partial charge in [-0.25, -0.2) is 0 Å². The Bertz CT molecular complexity index is 647. The van der Waals surface area contributed by atoms with Gasteiger partial charge in [-0.3, -0.25) is 0 Å². The van der Waals surface area contributed by atoms with Crippen LogP contribution in [0.1, 0.15) is 28.7 Å². The van der Waals surface area contributed by atoms with Crippen LogP contribution in [0.15, 0.2) is 54.6 Å². The number of hydrogen-bond donors (Lipinski definition) is 0. The molecular formula is C20H21ClN-. The summed E-state index contributed by atoms with van der Waals surface area (Å²) in [4.78, 5) is 2.23. The minimum absolute atomic E-state index is 0. The monoisotopic (exact) mass is 310 g/mol. The van der Waals surface area contributed by atoms with E-state index in [-0.39, 0.29) is 12.4 Å². The van der Waals surface area contributed by atoms with Crippen molar-refractivity contribution in [2.45, 2.75) is 6.42 Å². The molecule has 0 heterocycles. The molecule has 1 aliphatic carbocycles. The molecule has 3 rings (SSSR count). The topological polar surface area (TPSA) is 3.24 Å². The van der Waals surface area contributed by atoms with Crippen LogP contribution in [-0.2, 0) is 0 Å². The van der Waals surface area contributed by atoms with Gasteiger partial charge in [-0.1, -0.05) is 66.8 Å². The van der Waals surface area contributed by atoms with Gasteiger partial charge in [0.15, 0.2) is 0 Å². The summed E-state index contributed by atoms with van der Waals surface area (Å²) in [6, 6.07) is 17.3. The van der Waals surface area contributed by atoms with Gasteiger partial charge in [0.05, 0.1) is 0 Å². The Morgan fingerprint density at radius 1 is 0.818 bits per heavy atom. The number of fused-ring (bicyclic) bond motifs is 2. The Hall–Kier alpha value is -1.83. The van der Waals surface area contributed by atoms with E-state index in [1.165, 1.54) is 27.8 Å². The third-order valence-electron chi connectivity index (χ3n) is 3.87. The van der Waals surface area contributed by atoms with Gasteiger partial charge in [-0.2, -0.15) is 0 Å². The van der Waals surface area contributed by atoms with Crippen LogP contribution in [0, 0.1) is 0 Å². The van der Waals surface area contributed by atoms with E-state index in [0.29, 0.717) is 0 Å². The number of rotatable bonds is 3. The largest absolute Gasteiger partial charge is 1.00 e. The molecule has 0 amide bonds. The molecule has 2 aromatic rings. The number of halogens is 1. The first-order valence-electron chi connectivity index (χ1n) is 7.47. The highest BCUT2D eigenvalue weighted by Gasteiger charge is 2.13. The maximum Gasteiger partial charge on any atom is 0.00101 e. The number of benzene rings is 2. The van der Waals surface area contributed by atoms with Crippen molar-refractivity contribution in [3.63, 3.8) is 0 Å². The van der Waals surface area contributed by atoms with Crippen molar-refractivity contribution >= 4 is 17.7 Å². The molecular weight excluding hydrogens is 290 g/mol. The lowest BCUT2D eigenvalue weighted by atomic mass is 9.93. The molecule has 0 unspecified atom stereocenters. The van der Waals surface area contributed by atoms with Gasteiger partial charge in [-0.05, 0) is 48.3 Å². The molecule has 2 aromatic carbocycles. The third-order valence-corrected chi connectivity index (χ3v) is 3.87. The first kappa shape index (κ1) is 16.5. The summed E-state index contributed by atoms with van der Waals surface area (Å²) in [6.07, 6.45) is 7.89. The highest BCUT2D eigenvalue weighted by molar-refractivity contribution is 5.93. The van der Waals surface area contributed by atoms with Crippen LogP contribution in [-0.4, -0.2) is 25.5 Å². The molecule has 2 heteroatoms. The molecule has 0 saturated carbocycles. The van der Waals surface area contributed by atoms with Crippen molar-refractivity contribution in [3.05, 3.63) is 76.9 Å². The summed E-state index contributed by atoms with van der Waals surface area (Å²) in [6.45, 7) is 1.07. The van der Waals surface area contributed by atoms with Gasteiger partial charge in [-0.15, -0.1) is 0 Å². The van der Waals surface area contributed by atoms with Crippen LogP contribution < -0.4 is 12.4 Å². The second-order valence-electron chi connectivity index (χ2n) is 5.72. The van der Waals surface area contributed by atoms with E-state index in [0.717, 1.165) is 13.0 Å². The molecule has 0 saturated heterocycles. The highest BCUT2D eigenvalue weighted by atomic mass is 35.5. The molecule has 0 N–H and O–H groups in total. The van der Waals surface area contributed by atoms with E-state index < -0.39 is 0 Å². The SMILES string of the molecule is CN(C)CCC=C1c2ccccc2C=Cc2ccccc21.[Cl-]. The van der Waals surface area contributed by atoms with Gasteiger partial charge >= 0.3 is 0 Å². The van der Waals surface area contributed by atoms with Crippen LogP contribution >= 0.6 is 0 Å². The Balaban J connectivity index is 0.00000176. The Morgan fingerprint density at radius 2 is 1.32 bits per heavy atom.